The van der Waals surface area contributed by atoms with E-state index in [1.165, 1.54) is 33.2 Å². The molecule has 0 heterocycles. The van der Waals surface area contributed by atoms with Crippen LogP contribution in [-0.2, 0) is 26.2 Å². The molecule has 7 heteroatoms. The van der Waals surface area contributed by atoms with Crippen molar-refractivity contribution >= 4 is 16.0 Å². The van der Waals surface area contributed by atoms with Crippen LogP contribution in [0.3, 0.4) is 0 Å². The van der Waals surface area contributed by atoms with Gasteiger partial charge in [-0.1, -0.05) is 12.1 Å². The first-order valence-electron chi connectivity index (χ1n) is 5.61. The highest BCUT2D eigenvalue weighted by Gasteiger charge is 2.17. The molecule has 1 aromatic rings. The number of carboxylic acid groups (broad SMARTS) is 1. The largest absolute Gasteiger partial charge is 0.479 e. The number of hydrogen-bond donors (Lipinski definition) is 1. The summed E-state index contributed by atoms with van der Waals surface area (Å²) in [5.74, 6) is -1.06. The van der Waals surface area contributed by atoms with Crippen LogP contribution in [0.4, 0.5) is 0 Å². The highest BCUT2D eigenvalue weighted by molar-refractivity contribution is 7.89. The van der Waals surface area contributed by atoms with Gasteiger partial charge in [-0.05, 0) is 24.6 Å². The molecule has 0 saturated carbocycles. The number of ether oxygens (including phenoxy) is 1. The van der Waals surface area contributed by atoms with Crippen molar-refractivity contribution < 1.29 is 23.1 Å². The molecule has 106 valence electrons. The van der Waals surface area contributed by atoms with E-state index in [0.29, 0.717) is 5.56 Å². The lowest BCUT2D eigenvalue weighted by Gasteiger charge is -2.13. The molecule has 1 rings (SSSR count). The molecule has 0 spiro atoms. The van der Waals surface area contributed by atoms with Crippen LogP contribution >= 0.6 is 0 Å². The molecular weight excluding hydrogens is 270 g/mol. The summed E-state index contributed by atoms with van der Waals surface area (Å²) in [4.78, 5) is 10.8. The molecule has 0 aromatic heterocycles. The maximum absolute atomic E-state index is 11.9. The van der Waals surface area contributed by atoms with Crippen molar-refractivity contribution in [3.05, 3.63) is 29.8 Å². The molecule has 0 aliphatic heterocycles. The van der Waals surface area contributed by atoms with Gasteiger partial charge in [0.15, 0.2) is 6.10 Å². The monoisotopic (exact) mass is 287 g/mol. The summed E-state index contributed by atoms with van der Waals surface area (Å²) in [5.41, 5.74) is 0.607. The number of nitrogens with zero attached hydrogens (tertiary/aromatic N) is 1. The molecule has 0 aliphatic carbocycles. The van der Waals surface area contributed by atoms with Gasteiger partial charge in [0, 0.05) is 14.1 Å². The number of benzene rings is 1. The summed E-state index contributed by atoms with van der Waals surface area (Å²) in [5, 5.41) is 8.69. The van der Waals surface area contributed by atoms with Crippen molar-refractivity contribution in [2.75, 3.05) is 14.1 Å². The quantitative estimate of drug-likeness (QED) is 0.841. The Balaban J connectivity index is 2.87. The Kier molecular flexibility index (Phi) is 5.04. The highest BCUT2D eigenvalue weighted by atomic mass is 32.2. The van der Waals surface area contributed by atoms with Gasteiger partial charge in [-0.15, -0.1) is 0 Å². The van der Waals surface area contributed by atoms with E-state index < -0.39 is 22.1 Å². The van der Waals surface area contributed by atoms with Crippen molar-refractivity contribution in [2.45, 2.75) is 24.5 Å². The maximum Gasteiger partial charge on any atom is 0.332 e. The zero-order valence-electron chi connectivity index (χ0n) is 11.0. The fourth-order valence-corrected chi connectivity index (χ4v) is 2.27. The minimum Gasteiger partial charge on any atom is -0.479 e. The second-order valence-corrected chi connectivity index (χ2v) is 6.38. The molecule has 1 atom stereocenters. The number of sulfonamides is 1. The van der Waals surface area contributed by atoms with Gasteiger partial charge in [-0.25, -0.2) is 17.5 Å². The third-order valence-corrected chi connectivity index (χ3v) is 4.34. The lowest BCUT2D eigenvalue weighted by molar-refractivity contribution is -0.149. The van der Waals surface area contributed by atoms with E-state index in [-0.39, 0.29) is 11.5 Å². The average Bonchev–Trinajstić information content (AvgIpc) is 2.35. The van der Waals surface area contributed by atoms with Crippen LogP contribution in [0.1, 0.15) is 12.5 Å². The van der Waals surface area contributed by atoms with E-state index in [0.717, 1.165) is 4.31 Å². The maximum atomic E-state index is 11.9. The van der Waals surface area contributed by atoms with E-state index in [2.05, 4.69) is 0 Å². The second-order valence-electron chi connectivity index (χ2n) is 4.23. The molecule has 0 saturated heterocycles. The van der Waals surface area contributed by atoms with Crippen LogP contribution in [0.15, 0.2) is 29.2 Å². The molecule has 0 amide bonds. The number of carbonyl (C=O) groups is 1. The van der Waals surface area contributed by atoms with Crippen LogP contribution in [-0.4, -0.2) is 44.0 Å². The summed E-state index contributed by atoms with van der Waals surface area (Å²) in [6, 6.07) is 6.24. The van der Waals surface area contributed by atoms with Crippen LogP contribution in [0.2, 0.25) is 0 Å². The minimum absolute atomic E-state index is 0.0459. The second kappa shape index (κ2) is 6.14. The number of aliphatic carboxylic acids is 1. The van der Waals surface area contributed by atoms with E-state index in [9.17, 15) is 13.2 Å². The zero-order chi connectivity index (χ0) is 14.6. The van der Waals surface area contributed by atoms with E-state index in [1.807, 2.05) is 0 Å². The molecule has 0 aliphatic rings. The van der Waals surface area contributed by atoms with Gasteiger partial charge in [0.05, 0.1) is 11.5 Å². The molecular formula is C12H17NO5S. The fourth-order valence-electron chi connectivity index (χ4n) is 1.30. The van der Waals surface area contributed by atoms with Crippen molar-refractivity contribution in [1.29, 1.82) is 0 Å². The molecule has 0 bridgehead atoms. The van der Waals surface area contributed by atoms with Crippen molar-refractivity contribution in [3.8, 4) is 0 Å². The summed E-state index contributed by atoms with van der Waals surface area (Å²) >= 11 is 0. The lowest BCUT2D eigenvalue weighted by Crippen LogP contribution is -2.22. The Bertz CT molecular complexity index is 553. The van der Waals surface area contributed by atoms with E-state index in [1.54, 1.807) is 12.1 Å². The molecule has 0 unspecified atom stereocenters. The van der Waals surface area contributed by atoms with Gasteiger partial charge in [-0.3, -0.25) is 0 Å². The molecule has 0 fully saturated rings. The molecule has 1 aromatic carbocycles. The Morgan fingerprint density at radius 1 is 1.42 bits per heavy atom. The standard InChI is InChI=1S/C12H17NO5S/c1-9(12(14)15)18-8-10-5-4-6-11(7-10)19(16,17)13(2)3/h4-7,9H,8H2,1-3H3,(H,14,15)/t9-/m1/s1. The minimum atomic E-state index is -3.49. The fraction of sp³-hybridized carbons (Fsp3) is 0.417. The predicted molar refractivity (Wildman–Crippen MR) is 69.2 cm³/mol. The lowest BCUT2D eigenvalue weighted by atomic mass is 10.2. The van der Waals surface area contributed by atoms with Gasteiger partial charge in [0.25, 0.3) is 0 Å². The number of hydrogen-bond acceptors (Lipinski definition) is 4. The Morgan fingerprint density at radius 2 is 2.05 bits per heavy atom. The van der Waals surface area contributed by atoms with Crippen molar-refractivity contribution in [2.24, 2.45) is 0 Å². The summed E-state index contributed by atoms with van der Waals surface area (Å²) in [7, 11) is -0.594. The van der Waals surface area contributed by atoms with Crippen molar-refractivity contribution in [3.63, 3.8) is 0 Å². The average molecular weight is 287 g/mol. The number of rotatable bonds is 6. The van der Waals surface area contributed by atoms with Crippen LogP contribution in [0.5, 0.6) is 0 Å². The van der Waals surface area contributed by atoms with Crippen molar-refractivity contribution in [1.82, 2.24) is 4.31 Å². The Hall–Kier alpha value is -1.44. The third kappa shape index (κ3) is 4.02. The normalized spacial score (nSPS) is 13.5. The van der Waals surface area contributed by atoms with E-state index >= 15 is 0 Å². The topological polar surface area (TPSA) is 83.9 Å². The molecule has 1 N–H and O–H groups in total. The van der Waals surface area contributed by atoms with Gasteiger partial charge in [0.1, 0.15) is 0 Å². The Morgan fingerprint density at radius 3 is 2.58 bits per heavy atom. The van der Waals surface area contributed by atoms with Crippen LogP contribution in [0, 0.1) is 0 Å². The third-order valence-electron chi connectivity index (χ3n) is 2.52. The SMILES string of the molecule is C[C@@H](OCc1cccc(S(=O)(=O)N(C)C)c1)C(=O)O. The summed E-state index contributed by atoms with van der Waals surface area (Å²) in [6.07, 6.45) is -0.936. The first-order chi connectivity index (χ1) is 8.75. The van der Waals surface area contributed by atoms with Crippen LogP contribution < -0.4 is 0 Å². The summed E-state index contributed by atoms with van der Waals surface area (Å²) < 4.78 is 30.1. The Labute approximate surface area is 112 Å². The van der Waals surface area contributed by atoms with Gasteiger partial charge in [0.2, 0.25) is 10.0 Å². The molecule has 0 radical (unpaired) electrons. The van der Waals surface area contributed by atoms with Crippen LogP contribution in [0.25, 0.3) is 0 Å². The highest BCUT2D eigenvalue weighted by Crippen LogP contribution is 2.15. The van der Waals surface area contributed by atoms with E-state index in [4.69, 9.17) is 9.84 Å². The van der Waals surface area contributed by atoms with Gasteiger partial charge < -0.3 is 9.84 Å². The van der Waals surface area contributed by atoms with Gasteiger partial charge >= 0.3 is 5.97 Å². The summed E-state index contributed by atoms with van der Waals surface area (Å²) in [6.45, 7) is 1.47. The predicted octanol–water partition coefficient (Wildman–Crippen LogP) is 0.927. The number of carboxylic acids is 1. The molecule has 6 nitrogen and oxygen atoms in total. The first kappa shape index (κ1) is 15.6. The zero-order valence-corrected chi connectivity index (χ0v) is 11.8. The van der Waals surface area contributed by atoms with Gasteiger partial charge in [-0.2, -0.15) is 0 Å². The smallest absolute Gasteiger partial charge is 0.332 e. The first-order valence-corrected chi connectivity index (χ1v) is 7.05. The molecule has 19 heavy (non-hydrogen) atoms.